The smallest absolute Gasteiger partial charge is 0.286 e. The van der Waals surface area contributed by atoms with Crippen LogP contribution in [0.5, 0.6) is 5.75 Å². The number of fused-ring (bicyclic) bond motifs is 4. The molecule has 6 atom stereocenters. The van der Waals surface area contributed by atoms with E-state index in [0.29, 0.717) is 43.0 Å². The van der Waals surface area contributed by atoms with Crippen LogP contribution >= 0.6 is 11.6 Å². The minimum Gasteiger partial charge on any atom is -0.490 e. The highest BCUT2D eigenvalue weighted by atomic mass is 35.5. The van der Waals surface area contributed by atoms with Crippen LogP contribution in [0.3, 0.4) is 0 Å². The van der Waals surface area contributed by atoms with E-state index >= 15 is 0 Å². The first-order chi connectivity index (χ1) is 24.0. The molecule has 2 aromatic carbocycles. The molecule has 7 rings (SSSR count). The molecular weight excluding hydrogens is 674 g/mol. The van der Waals surface area contributed by atoms with Gasteiger partial charge in [0.05, 0.1) is 29.7 Å². The second kappa shape index (κ2) is 14.1. The molecule has 3 aromatic rings. The van der Waals surface area contributed by atoms with Gasteiger partial charge >= 0.3 is 0 Å². The van der Waals surface area contributed by atoms with Crippen molar-refractivity contribution in [1.82, 2.24) is 14.7 Å². The number of rotatable bonds is 3. The Morgan fingerprint density at radius 2 is 1.98 bits per heavy atom. The maximum Gasteiger partial charge on any atom is 0.286 e. The summed E-state index contributed by atoms with van der Waals surface area (Å²) < 4.78 is 34.0. The zero-order valence-electron chi connectivity index (χ0n) is 28.8. The number of aryl methyl sites for hydroxylation is 2. The predicted octanol–water partition coefficient (Wildman–Crippen LogP) is 6.50. The van der Waals surface area contributed by atoms with Crippen molar-refractivity contribution in [2.24, 2.45) is 22.1 Å². The summed E-state index contributed by atoms with van der Waals surface area (Å²) in [6, 6.07) is 11.5. The quantitative estimate of drug-likeness (QED) is 0.305. The Morgan fingerprint density at radius 3 is 2.74 bits per heavy atom. The Morgan fingerprint density at radius 1 is 1.16 bits per heavy atom. The van der Waals surface area contributed by atoms with E-state index in [0.717, 1.165) is 49.4 Å². The molecule has 264 valence electrons. The molecule has 1 N–H and O–H groups in total. The molecule has 3 heterocycles. The van der Waals surface area contributed by atoms with Crippen molar-refractivity contribution < 1.29 is 23.3 Å². The van der Waals surface area contributed by atoms with Crippen LogP contribution in [-0.4, -0.2) is 64.7 Å². The molecule has 1 aromatic heterocycles. The van der Waals surface area contributed by atoms with E-state index < -0.39 is 21.7 Å². The molecule has 2 aliphatic heterocycles. The number of methoxy groups -OCH3 is 1. The molecule has 10 nitrogen and oxygen atoms in total. The number of benzene rings is 2. The molecule has 1 saturated carbocycles. The van der Waals surface area contributed by atoms with Crippen LogP contribution in [0.15, 0.2) is 65.3 Å². The first-order valence-corrected chi connectivity index (χ1v) is 19.5. The van der Waals surface area contributed by atoms with E-state index in [4.69, 9.17) is 21.1 Å². The fraction of sp³-hybridized carbons (Fsp3) is 0.474. The number of hydrogen-bond donors (Lipinski definition) is 1. The average Bonchev–Trinajstić information content (AvgIpc) is 3.22. The molecule has 12 heteroatoms. The summed E-state index contributed by atoms with van der Waals surface area (Å²) in [7, 11) is -1.79. The van der Waals surface area contributed by atoms with E-state index in [9.17, 15) is 13.8 Å². The lowest BCUT2D eigenvalue weighted by atomic mass is 9.68. The Hall–Kier alpha value is -3.80. The number of ether oxygens (including phenoxy) is 2. The molecule has 2 aliphatic carbocycles. The summed E-state index contributed by atoms with van der Waals surface area (Å²) >= 11 is 6.45. The number of halogens is 1. The van der Waals surface area contributed by atoms with Gasteiger partial charge in [0.1, 0.15) is 21.5 Å². The van der Waals surface area contributed by atoms with Gasteiger partial charge in [0.2, 0.25) is 0 Å². The molecule has 0 radical (unpaired) electrons. The number of carbonyl (C=O) groups excluding carboxylic acids is 2. The van der Waals surface area contributed by atoms with Gasteiger partial charge in [-0.2, -0.15) is 0 Å². The van der Waals surface area contributed by atoms with Gasteiger partial charge in [-0.05, 0) is 105 Å². The average molecular weight is 718 g/mol. The lowest BCUT2D eigenvalue weighted by Gasteiger charge is -2.46. The number of anilines is 1. The van der Waals surface area contributed by atoms with Crippen molar-refractivity contribution in [3.63, 3.8) is 0 Å². The lowest BCUT2D eigenvalue weighted by molar-refractivity contribution is 0.0131. The van der Waals surface area contributed by atoms with E-state index in [1.165, 1.54) is 23.5 Å². The van der Waals surface area contributed by atoms with Gasteiger partial charge in [-0.3, -0.25) is 14.3 Å². The van der Waals surface area contributed by atoms with Gasteiger partial charge in [0.15, 0.2) is 0 Å². The molecule has 50 heavy (non-hydrogen) atoms. The Balaban J connectivity index is 1.30. The first kappa shape index (κ1) is 34.6. The minimum atomic E-state index is -3.55. The highest BCUT2D eigenvalue weighted by molar-refractivity contribution is 7.92. The van der Waals surface area contributed by atoms with Gasteiger partial charge in [-0.25, -0.2) is 14.2 Å². The summed E-state index contributed by atoms with van der Waals surface area (Å²) in [6.45, 7) is 5.63. The van der Waals surface area contributed by atoms with E-state index in [1.807, 2.05) is 25.1 Å². The number of allylic oxidation sites excluding steroid dienone is 1. The van der Waals surface area contributed by atoms with E-state index in [-0.39, 0.29) is 34.3 Å². The van der Waals surface area contributed by atoms with Crippen LogP contribution in [0.4, 0.5) is 5.69 Å². The molecule has 0 unspecified atom stereocenters. The van der Waals surface area contributed by atoms with Crippen molar-refractivity contribution in [1.29, 1.82) is 0 Å². The summed E-state index contributed by atoms with van der Waals surface area (Å²) in [5.74, 6) is 0.426. The zero-order chi connectivity index (χ0) is 35.0. The topological polar surface area (TPSA) is 123 Å². The minimum absolute atomic E-state index is 0.0165. The maximum absolute atomic E-state index is 14.5. The summed E-state index contributed by atoms with van der Waals surface area (Å²) in [5.41, 5.74) is 3.50. The second-order valence-electron chi connectivity index (χ2n) is 14.4. The third-order valence-corrected chi connectivity index (χ3v) is 13.0. The maximum atomic E-state index is 14.5. The van der Waals surface area contributed by atoms with Crippen LogP contribution in [0.25, 0.3) is 0 Å². The summed E-state index contributed by atoms with van der Waals surface area (Å²) in [5, 5.41) is 0.737. The van der Waals surface area contributed by atoms with Gasteiger partial charge in [-0.1, -0.05) is 36.7 Å². The molecule has 2 amide bonds. The molecule has 2 bridgehead atoms. The number of hydrogen-bond acceptors (Lipinski definition) is 8. The van der Waals surface area contributed by atoms with Crippen LogP contribution in [0, 0.1) is 24.7 Å². The fourth-order valence-electron chi connectivity index (χ4n) is 8.08. The predicted molar refractivity (Wildman–Crippen MR) is 194 cm³/mol. The van der Waals surface area contributed by atoms with Crippen molar-refractivity contribution in [3.05, 3.63) is 94.0 Å². The van der Waals surface area contributed by atoms with Gasteiger partial charge < -0.3 is 14.4 Å². The molecule has 4 aliphatic rings. The first-order valence-electron chi connectivity index (χ1n) is 17.4. The third kappa shape index (κ3) is 7.05. The van der Waals surface area contributed by atoms with Crippen molar-refractivity contribution in [2.45, 2.75) is 63.9 Å². The lowest BCUT2D eigenvalue weighted by Crippen LogP contribution is -2.49. The van der Waals surface area contributed by atoms with Crippen LogP contribution in [0.1, 0.15) is 76.7 Å². The second-order valence-corrected chi connectivity index (χ2v) is 16.8. The standard InChI is InChI=1S/C38H44ClN5O5S/c1-24-6-4-8-34(48-3)31-12-9-28(31)20-44-22-38(15-5-7-26-16-30(39)11-13-32(26)38)23-49-35-14-10-27(17-33(35)44)36(45)42-50(47,21-24)43-37(46)29-18-40-25(2)41-19-29/h4,8,10-11,13-14,16-19,24,28,31,34H,5-7,9,12,15,20-23H2,1-3H3,(H,42,43,45,46,47)/b8-4+/t24-,28-,31+,34-,38-,50-/m0/s1. The Kier molecular flexibility index (Phi) is 9.75. The molecular formula is C38H44ClN5O5S. The van der Waals surface area contributed by atoms with Crippen molar-refractivity contribution >= 4 is 39.0 Å². The van der Waals surface area contributed by atoms with Gasteiger partial charge in [0, 0.05) is 48.6 Å². The van der Waals surface area contributed by atoms with E-state index in [2.05, 4.69) is 48.2 Å². The zero-order valence-corrected chi connectivity index (χ0v) is 30.3. The van der Waals surface area contributed by atoms with Crippen molar-refractivity contribution in [3.8, 4) is 5.75 Å². The highest BCUT2D eigenvalue weighted by Crippen LogP contribution is 2.47. The molecule has 0 saturated heterocycles. The van der Waals surface area contributed by atoms with Gasteiger partial charge in [-0.15, -0.1) is 4.36 Å². The number of amides is 2. The highest BCUT2D eigenvalue weighted by Gasteiger charge is 2.44. The SMILES string of the molecule is CO[C@H]1/C=C/C[C@H](C)C[S@@](=O)(NC(=O)c2cnc(C)nc2)=NC(=O)c2ccc3c(c2)N(C[C@@H]2CC[C@H]21)C[C@@]1(CCCc2cc(Cl)ccc21)CO3. The largest absolute Gasteiger partial charge is 0.490 e. The Bertz CT molecular complexity index is 1940. The fourth-order valence-corrected chi connectivity index (χ4v) is 10.2. The van der Waals surface area contributed by atoms with E-state index in [1.54, 1.807) is 20.1 Å². The van der Waals surface area contributed by atoms with Gasteiger partial charge in [0.25, 0.3) is 11.8 Å². The summed E-state index contributed by atoms with van der Waals surface area (Å²) in [6.07, 6.45) is 12.6. The molecule has 1 spiro atoms. The van der Waals surface area contributed by atoms with Crippen LogP contribution in [-0.2, 0) is 26.5 Å². The Labute approximate surface area is 299 Å². The third-order valence-electron chi connectivity index (χ3n) is 10.8. The van der Waals surface area contributed by atoms with Crippen LogP contribution in [0.2, 0.25) is 5.02 Å². The number of nitrogens with one attached hydrogen (secondary N) is 1. The number of aromatic nitrogens is 2. The van der Waals surface area contributed by atoms with Crippen molar-refractivity contribution in [2.75, 3.05) is 37.5 Å². The summed E-state index contributed by atoms with van der Waals surface area (Å²) in [4.78, 5) is 37.8. The number of nitrogens with zero attached hydrogens (tertiary/aromatic N) is 4. The number of carbonyl (C=O) groups is 2. The molecule has 1 fully saturated rings. The monoisotopic (exact) mass is 717 g/mol. The van der Waals surface area contributed by atoms with Crippen LogP contribution < -0.4 is 14.4 Å². The normalized spacial score (nSPS) is 30.1.